The van der Waals surface area contributed by atoms with Crippen LogP contribution in [0.3, 0.4) is 0 Å². The van der Waals surface area contributed by atoms with Crippen LogP contribution in [0.5, 0.6) is 0 Å². The summed E-state index contributed by atoms with van der Waals surface area (Å²) in [7, 11) is -3.65. The van der Waals surface area contributed by atoms with Gasteiger partial charge in [0.05, 0.1) is 10.6 Å². The van der Waals surface area contributed by atoms with Crippen LogP contribution < -0.4 is 4.72 Å². The molecule has 2 rings (SSSR count). The van der Waals surface area contributed by atoms with Crippen molar-refractivity contribution in [1.82, 2.24) is 4.98 Å². The molecule has 106 valence electrons. The fourth-order valence-corrected chi connectivity index (χ4v) is 3.21. The smallest absolute Gasteiger partial charge is 0.262 e. The molecule has 1 heterocycles. The van der Waals surface area contributed by atoms with Gasteiger partial charge in [0.25, 0.3) is 10.0 Å². The lowest BCUT2D eigenvalue weighted by Crippen LogP contribution is -2.14. The van der Waals surface area contributed by atoms with E-state index in [1.165, 1.54) is 18.3 Å². The topological polar surface area (TPSA) is 59.1 Å². The fraction of sp³-hybridized carbons (Fsp3) is 0.214. The van der Waals surface area contributed by atoms with Gasteiger partial charge in [-0.05, 0) is 30.2 Å². The molecule has 0 aliphatic heterocycles. The molecule has 0 saturated heterocycles. The number of sulfonamides is 1. The lowest BCUT2D eigenvalue weighted by Gasteiger charge is -2.12. The average Bonchev–Trinajstić information content (AvgIpc) is 2.41. The zero-order valence-electron chi connectivity index (χ0n) is 11.0. The first kappa shape index (κ1) is 14.8. The predicted molar refractivity (Wildman–Crippen MR) is 80.5 cm³/mol. The summed E-state index contributed by atoms with van der Waals surface area (Å²) in [6, 6.07) is 10.1. The molecule has 0 spiro atoms. The van der Waals surface area contributed by atoms with Gasteiger partial charge in [0.1, 0.15) is 5.15 Å². The highest BCUT2D eigenvalue weighted by Gasteiger charge is 2.16. The van der Waals surface area contributed by atoms with Crippen LogP contribution >= 0.6 is 11.6 Å². The molecule has 1 aromatic heterocycles. The minimum atomic E-state index is -3.65. The number of aromatic nitrogens is 1. The Morgan fingerprint density at radius 2 is 2.00 bits per heavy atom. The second-order valence-electron chi connectivity index (χ2n) is 4.33. The molecule has 1 N–H and O–H groups in total. The monoisotopic (exact) mass is 310 g/mol. The summed E-state index contributed by atoms with van der Waals surface area (Å²) in [4.78, 5) is 3.88. The third-order valence-electron chi connectivity index (χ3n) is 2.79. The van der Waals surface area contributed by atoms with Gasteiger partial charge < -0.3 is 0 Å². The van der Waals surface area contributed by atoms with Gasteiger partial charge >= 0.3 is 0 Å². The molecule has 0 bridgehead atoms. The van der Waals surface area contributed by atoms with Gasteiger partial charge in [0, 0.05) is 6.20 Å². The standard InChI is InChI=1S/C14H15ClN2O2S/c1-2-5-11-6-3-4-7-13(11)17-20(18,19)12-8-9-16-14(15)10-12/h3-4,6-10,17H,2,5H2,1H3. The first-order valence-corrected chi connectivity index (χ1v) is 8.11. The van der Waals surface area contributed by atoms with Gasteiger partial charge in [-0.25, -0.2) is 13.4 Å². The molecule has 0 amide bonds. The predicted octanol–water partition coefficient (Wildman–Crippen LogP) is 3.49. The van der Waals surface area contributed by atoms with E-state index in [0.29, 0.717) is 5.69 Å². The number of benzene rings is 1. The van der Waals surface area contributed by atoms with Crippen LogP contribution in [-0.4, -0.2) is 13.4 Å². The van der Waals surface area contributed by atoms with E-state index in [1.54, 1.807) is 12.1 Å². The van der Waals surface area contributed by atoms with Gasteiger partial charge in [-0.2, -0.15) is 0 Å². The number of anilines is 1. The Hall–Kier alpha value is -1.59. The van der Waals surface area contributed by atoms with E-state index in [1.807, 2.05) is 19.1 Å². The Bertz CT molecular complexity index is 702. The summed E-state index contributed by atoms with van der Waals surface area (Å²) >= 11 is 5.73. The molecule has 20 heavy (non-hydrogen) atoms. The van der Waals surface area contributed by atoms with E-state index < -0.39 is 10.0 Å². The number of aryl methyl sites for hydroxylation is 1. The number of nitrogens with one attached hydrogen (secondary N) is 1. The maximum Gasteiger partial charge on any atom is 0.262 e. The van der Waals surface area contributed by atoms with Gasteiger partial charge in [-0.1, -0.05) is 43.1 Å². The number of para-hydroxylation sites is 1. The van der Waals surface area contributed by atoms with E-state index in [0.717, 1.165) is 18.4 Å². The summed E-state index contributed by atoms with van der Waals surface area (Å²) in [6.45, 7) is 2.05. The Kier molecular flexibility index (Phi) is 4.62. The van der Waals surface area contributed by atoms with Crippen LogP contribution in [-0.2, 0) is 16.4 Å². The zero-order valence-corrected chi connectivity index (χ0v) is 12.6. The molecule has 0 radical (unpaired) electrons. The molecule has 0 fully saturated rings. The molecule has 6 heteroatoms. The molecular weight excluding hydrogens is 296 g/mol. The lowest BCUT2D eigenvalue weighted by atomic mass is 10.1. The number of hydrogen-bond acceptors (Lipinski definition) is 3. The first-order valence-electron chi connectivity index (χ1n) is 6.25. The van der Waals surface area contributed by atoms with Crippen molar-refractivity contribution in [2.45, 2.75) is 24.7 Å². The zero-order chi connectivity index (χ0) is 14.6. The second kappa shape index (κ2) is 6.24. The van der Waals surface area contributed by atoms with E-state index in [9.17, 15) is 8.42 Å². The van der Waals surface area contributed by atoms with Crippen LogP contribution in [0, 0.1) is 0 Å². The normalized spacial score (nSPS) is 11.3. The molecule has 0 unspecified atom stereocenters. The maximum atomic E-state index is 12.3. The Balaban J connectivity index is 2.34. The van der Waals surface area contributed by atoms with Crippen molar-refractivity contribution < 1.29 is 8.42 Å². The number of halogens is 1. The largest absolute Gasteiger partial charge is 0.279 e. The first-order chi connectivity index (χ1) is 9.53. The summed E-state index contributed by atoms with van der Waals surface area (Å²) in [5.74, 6) is 0. The second-order valence-corrected chi connectivity index (χ2v) is 6.40. The average molecular weight is 311 g/mol. The van der Waals surface area contributed by atoms with Crippen molar-refractivity contribution in [3.63, 3.8) is 0 Å². The molecule has 0 aliphatic rings. The van der Waals surface area contributed by atoms with Crippen LogP contribution in [0.25, 0.3) is 0 Å². The van der Waals surface area contributed by atoms with Crippen LogP contribution in [0.4, 0.5) is 5.69 Å². The maximum absolute atomic E-state index is 12.3. The number of rotatable bonds is 5. The Labute approximate surface area is 123 Å². The van der Waals surface area contributed by atoms with Crippen molar-refractivity contribution in [2.75, 3.05) is 4.72 Å². The van der Waals surface area contributed by atoms with Crippen molar-refractivity contribution in [3.05, 3.63) is 53.3 Å². The minimum absolute atomic E-state index is 0.101. The number of pyridine rings is 1. The summed E-state index contributed by atoms with van der Waals surface area (Å²) in [5, 5.41) is 0.148. The van der Waals surface area contributed by atoms with E-state index in [4.69, 9.17) is 11.6 Å². The highest BCUT2D eigenvalue weighted by molar-refractivity contribution is 7.92. The van der Waals surface area contributed by atoms with Crippen molar-refractivity contribution in [3.8, 4) is 0 Å². The van der Waals surface area contributed by atoms with E-state index >= 15 is 0 Å². The summed E-state index contributed by atoms with van der Waals surface area (Å²) < 4.78 is 27.2. The van der Waals surface area contributed by atoms with Gasteiger partial charge in [0.15, 0.2) is 0 Å². The minimum Gasteiger partial charge on any atom is -0.279 e. The van der Waals surface area contributed by atoms with Crippen LogP contribution in [0.15, 0.2) is 47.5 Å². The Morgan fingerprint density at radius 3 is 2.70 bits per heavy atom. The van der Waals surface area contributed by atoms with Crippen LogP contribution in [0.1, 0.15) is 18.9 Å². The molecular formula is C14H15ClN2O2S. The SMILES string of the molecule is CCCc1ccccc1NS(=O)(=O)c1ccnc(Cl)c1. The van der Waals surface area contributed by atoms with Crippen molar-refractivity contribution >= 4 is 27.3 Å². The molecule has 0 saturated carbocycles. The third-order valence-corrected chi connectivity index (χ3v) is 4.36. The quantitative estimate of drug-likeness (QED) is 0.860. The van der Waals surface area contributed by atoms with E-state index in [2.05, 4.69) is 9.71 Å². The highest BCUT2D eigenvalue weighted by Crippen LogP contribution is 2.22. The van der Waals surface area contributed by atoms with Crippen LogP contribution in [0.2, 0.25) is 5.15 Å². The number of nitrogens with zero attached hydrogens (tertiary/aromatic N) is 1. The van der Waals surface area contributed by atoms with E-state index in [-0.39, 0.29) is 10.0 Å². The van der Waals surface area contributed by atoms with Crippen molar-refractivity contribution in [2.24, 2.45) is 0 Å². The molecule has 0 atom stereocenters. The third kappa shape index (κ3) is 3.49. The molecule has 2 aromatic rings. The number of hydrogen-bond donors (Lipinski definition) is 1. The van der Waals surface area contributed by atoms with Gasteiger partial charge in [-0.3, -0.25) is 4.72 Å². The molecule has 0 aliphatic carbocycles. The molecule has 1 aromatic carbocycles. The summed E-state index contributed by atoms with van der Waals surface area (Å²) in [6.07, 6.45) is 3.13. The van der Waals surface area contributed by atoms with Crippen molar-refractivity contribution in [1.29, 1.82) is 0 Å². The summed E-state index contributed by atoms with van der Waals surface area (Å²) in [5.41, 5.74) is 1.57. The lowest BCUT2D eigenvalue weighted by molar-refractivity contribution is 0.601. The Morgan fingerprint density at radius 1 is 1.25 bits per heavy atom. The van der Waals surface area contributed by atoms with Gasteiger partial charge in [-0.15, -0.1) is 0 Å². The van der Waals surface area contributed by atoms with Gasteiger partial charge in [0.2, 0.25) is 0 Å². The fourth-order valence-electron chi connectivity index (χ4n) is 1.86. The molecule has 4 nitrogen and oxygen atoms in total. The highest BCUT2D eigenvalue weighted by atomic mass is 35.5.